The molecule has 1 amide bonds. The maximum absolute atomic E-state index is 12.0. The molecule has 0 saturated heterocycles. The average Bonchev–Trinajstić information content (AvgIpc) is 2.95. The zero-order chi connectivity index (χ0) is 15.4. The molecule has 2 rings (SSSR count). The average molecular weight is 292 g/mol. The molecule has 1 fully saturated rings. The maximum atomic E-state index is 12.0. The second-order valence-electron chi connectivity index (χ2n) is 5.15. The summed E-state index contributed by atoms with van der Waals surface area (Å²) < 4.78 is 0. The fourth-order valence-electron chi connectivity index (χ4n) is 2.61. The van der Waals surface area contributed by atoms with Crippen LogP contribution in [0.4, 0.5) is 5.69 Å². The lowest BCUT2D eigenvalue weighted by molar-refractivity contribution is -0.385. The van der Waals surface area contributed by atoms with Crippen LogP contribution in [0.5, 0.6) is 0 Å². The van der Waals surface area contributed by atoms with Crippen molar-refractivity contribution in [2.75, 3.05) is 0 Å². The summed E-state index contributed by atoms with van der Waals surface area (Å²) in [6.07, 6.45) is 1.37. The standard InChI is InChI=1S/C14H16N2O5/c17-13(9-5-6-10(7-9)14(18)19)15-8-11-3-1-2-4-12(11)16(20)21/h1-4,9-10H,5-8H2,(H,15,17)(H,18,19)/t9-,10+/m0/s1. The Morgan fingerprint density at radius 1 is 1.29 bits per heavy atom. The summed E-state index contributed by atoms with van der Waals surface area (Å²) in [7, 11) is 0. The number of hydrogen-bond acceptors (Lipinski definition) is 4. The van der Waals surface area contributed by atoms with Crippen molar-refractivity contribution in [3.8, 4) is 0 Å². The van der Waals surface area contributed by atoms with Crippen LogP contribution in [0.15, 0.2) is 24.3 Å². The SMILES string of the molecule is O=C(O)[C@@H]1CC[C@H](C(=O)NCc2ccccc2[N+](=O)[O-])C1. The predicted molar refractivity (Wildman–Crippen MR) is 73.4 cm³/mol. The van der Waals surface area contributed by atoms with Crippen LogP contribution < -0.4 is 5.32 Å². The van der Waals surface area contributed by atoms with E-state index in [1.54, 1.807) is 18.2 Å². The number of hydrogen-bond donors (Lipinski definition) is 2. The summed E-state index contributed by atoms with van der Waals surface area (Å²) in [4.78, 5) is 33.2. The van der Waals surface area contributed by atoms with Gasteiger partial charge in [0.1, 0.15) is 0 Å². The van der Waals surface area contributed by atoms with E-state index >= 15 is 0 Å². The van der Waals surface area contributed by atoms with Crippen LogP contribution in [0, 0.1) is 22.0 Å². The highest BCUT2D eigenvalue weighted by molar-refractivity contribution is 5.80. The van der Waals surface area contributed by atoms with E-state index in [2.05, 4.69) is 5.32 Å². The molecule has 0 heterocycles. The number of para-hydroxylation sites is 1. The third kappa shape index (κ3) is 3.56. The smallest absolute Gasteiger partial charge is 0.306 e. The van der Waals surface area contributed by atoms with Crippen molar-refractivity contribution in [1.29, 1.82) is 0 Å². The van der Waals surface area contributed by atoms with Gasteiger partial charge in [-0.05, 0) is 19.3 Å². The highest BCUT2D eigenvalue weighted by atomic mass is 16.6. The maximum Gasteiger partial charge on any atom is 0.306 e. The largest absolute Gasteiger partial charge is 0.481 e. The van der Waals surface area contributed by atoms with E-state index in [9.17, 15) is 19.7 Å². The quantitative estimate of drug-likeness (QED) is 0.634. The van der Waals surface area contributed by atoms with Crippen molar-refractivity contribution in [2.24, 2.45) is 11.8 Å². The molecule has 0 bridgehead atoms. The van der Waals surface area contributed by atoms with Gasteiger partial charge in [-0.2, -0.15) is 0 Å². The normalized spacial score (nSPS) is 21.0. The first-order valence-electron chi connectivity index (χ1n) is 6.72. The van der Waals surface area contributed by atoms with Gasteiger partial charge >= 0.3 is 5.97 Å². The third-order valence-electron chi connectivity index (χ3n) is 3.79. The van der Waals surface area contributed by atoms with Crippen LogP contribution in [0.2, 0.25) is 0 Å². The molecule has 1 aromatic carbocycles. The van der Waals surface area contributed by atoms with E-state index in [4.69, 9.17) is 5.11 Å². The molecule has 7 heteroatoms. The highest BCUT2D eigenvalue weighted by Crippen LogP contribution is 2.31. The lowest BCUT2D eigenvalue weighted by Crippen LogP contribution is -2.29. The van der Waals surface area contributed by atoms with E-state index in [0.29, 0.717) is 24.8 Å². The molecular weight excluding hydrogens is 276 g/mol. The molecule has 112 valence electrons. The number of carboxylic acids is 1. The first-order valence-corrected chi connectivity index (χ1v) is 6.72. The third-order valence-corrected chi connectivity index (χ3v) is 3.79. The van der Waals surface area contributed by atoms with Crippen LogP contribution >= 0.6 is 0 Å². The minimum absolute atomic E-state index is 0.0346. The Kier molecular flexibility index (Phi) is 4.52. The predicted octanol–water partition coefficient (Wildman–Crippen LogP) is 1.71. The van der Waals surface area contributed by atoms with Crippen LogP contribution in [0.25, 0.3) is 0 Å². The Balaban J connectivity index is 1.93. The van der Waals surface area contributed by atoms with Gasteiger partial charge in [-0.3, -0.25) is 19.7 Å². The molecule has 2 N–H and O–H groups in total. The van der Waals surface area contributed by atoms with E-state index in [1.807, 2.05) is 0 Å². The topological polar surface area (TPSA) is 110 Å². The summed E-state index contributed by atoms with van der Waals surface area (Å²) in [6, 6.07) is 6.22. The Bertz CT molecular complexity index is 572. The number of nitro benzene ring substituents is 1. The van der Waals surface area contributed by atoms with E-state index in [-0.39, 0.29) is 24.1 Å². The second kappa shape index (κ2) is 6.34. The Morgan fingerprint density at radius 3 is 2.57 bits per heavy atom. The minimum Gasteiger partial charge on any atom is -0.481 e. The molecular formula is C14H16N2O5. The van der Waals surface area contributed by atoms with Gasteiger partial charge in [-0.1, -0.05) is 18.2 Å². The molecule has 0 aliphatic heterocycles. The first-order chi connectivity index (χ1) is 9.99. The number of carboxylic acid groups (broad SMARTS) is 1. The number of carbonyl (C=O) groups is 2. The number of amides is 1. The van der Waals surface area contributed by atoms with Crippen LogP contribution in [-0.4, -0.2) is 21.9 Å². The number of nitrogens with zero attached hydrogens (tertiary/aromatic N) is 1. The second-order valence-corrected chi connectivity index (χ2v) is 5.15. The monoisotopic (exact) mass is 292 g/mol. The molecule has 0 aromatic heterocycles. The minimum atomic E-state index is -0.871. The van der Waals surface area contributed by atoms with Crippen molar-refractivity contribution in [1.82, 2.24) is 5.32 Å². The Labute approximate surface area is 121 Å². The Morgan fingerprint density at radius 2 is 1.95 bits per heavy atom. The van der Waals surface area contributed by atoms with Crippen molar-refractivity contribution >= 4 is 17.6 Å². The van der Waals surface area contributed by atoms with Crippen LogP contribution in [-0.2, 0) is 16.1 Å². The molecule has 21 heavy (non-hydrogen) atoms. The number of aliphatic carboxylic acids is 1. The van der Waals surface area contributed by atoms with Crippen molar-refractivity contribution in [3.63, 3.8) is 0 Å². The molecule has 0 spiro atoms. The van der Waals surface area contributed by atoms with E-state index < -0.39 is 16.8 Å². The molecule has 1 aromatic rings. The van der Waals surface area contributed by atoms with Gasteiger partial charge in [0.15, 0.2) is 0 Å². The number of rotatable bonds is 5. The number of nitro groups is 1. The van der Waals surface area contributed by atoms with Crippen LogP contribution in [0.3, 0.4) is 0 Å². The zero-order valence-corrected chi connectivity index (χ0v) is 11.3. The lowest BCUT2D eigenvalue weighted by Gasteiger charge is -2.11. The molecule has 7 nitrogen and oxygen atoms in total. The van der Waals surface area contributed by atoms with Gasteiger partial charge in [-0.25, -0.2) is 0 Å². The van der Waals surface area contributed by atoms with Gasteiger partial charge in [-0.15, -0.1) is 0 Å². The molecule has 0 unspecified atom stereocenters. The van der Waals surface area contributed by atoms with Gasteiger partial charge in [0.2, 0.25) is 5.91 Å². The number of carbonyl (C=O) groups excluding carboxylic acids is 1. The van der Waals surface area contributed by atoms with Crippen molar-refractivity contribution in [3.05, 3.63) is 39.9 Å². The summed E-state index contributed by atoms with van der Waals surface area (Å²) in [6.45, 7) is 0.0736. The van der Waals surface area contributed by atoms with E-state index in [1.165, 1.54) is 6.07 Å². The van der Waals surface area contributed by atoms with Gasteiger partial charge in [0.05, 0.1) is 10.8 Å². The Hall–Kier alpha value is -2.44. The first kappa shape index (κ1) is 15.0. The summed E-state index contributed by atoms with van der Waals surface area (Å²) in [5, 5.41) is 22.4. The van der Waals surface area contributed by atoms with Crippen molar-refractivity contribution < 1.29 is 19.6 Å². The molecule has 1 aliphatic carbocycles. The number of benzene rings is 1. The fraction of sp³-hybridized carbons (Fsp3) is 0.429. The summed E-state index contributed by atoms with van der Waals surface area (Å²) in [5.74, 6) is -1.90. The molecule has 1 saturated carbocycles. The molecule has 0 radical (unpaired) electrons. The highest BCUT2D eigenvalue weighted by Gasteiger charge is 2.33. The van der Waals surface area contributed by atoms with Gasteiger partial charge < -0.3 is 10.4 Å². The summed E-state index contributed by atoms with van der Waals surface area (Å²) >= 11 is 0. The fourth-order valence-corrected chi connectivity index (χ4v) is 2.61. The van der Waals surface area contributed by atoms with Gasteiger partial charge in [0.25, 0.3) is 5.69 Å². The lowest BCUT2D eigenvalue weighted by atomic mass is 10.0. The van der Waals surface area contributed by atoms with E-state index in [0.717, 1.165) is 0 Å². The van der Waals surface area contributed by atoms with Crippen LogP contribution in [0.1, 0.15) is 24.8 Å². The van der Waals surface area contributed by atoms with Gasteiger partial charge in [0, 0.05) is 24.1 Å². The molecule has 1 aliphatic rings. The number of nitrogens with one attached hydrogen (secondary N) is 1. The summed E-state index contributed by atoms with van der Waals surface area (Å²) in [5.41, 5.74) is 0.399. The van der Waals surface area contributed by atoms with Crippen molar-refractivity contribution in [2.45, 2.75) is 25.8 Å². The molecule has 2 atom stereocenters. The zero-order valence-electron chi connectivity index (χ0n) is 11.3.